The van der Waals surface area contributed by atoms with Crippen LogP contribution in [0.3, 0.4) is 0 Å². The number of nitrogens with zero attached hydrogens (tertiary/aromatic N) is 2. The Morgan fingerprint density at radius 2 is 1.76 bits per heavy atom. The van der Waals surface area contributed by atoms with Gasteiger partial charge < -0.3 is 15.2 Å². The molecular weight excluding hydrogens is 518 g/mol. The van der Waals surface area contributed by atoms with Gasteiger partial charge in [-0.3, -0.25) is 9.35 Å². The van der Waals surface area contributed by atoms with Gasteiger partial charge in [-0.2, -0.15) is 8.42 Å². The number of para-hydroxylation sites is 2. The topological polar surface area (TPSA) is 138 Å². The molecule has 0 saturated carbocycles. The second-order valence-corrected chi connectivity index (χ2v) is 9.73. The largest absolute Gasteiger partial charge is 0.505 e. The van der Waals surface area contributed by atoms with Crippen molar-refractivity contribution in [3.63, 3.8) is 0 Å². The van der Waals surface area contributed by atoms with Crippen LogP contribution in [0, 0.1) is 0 Å². The summed E-state index contributed by atoms with van der Waals surface area (Å²) in [5.41, 5.74) is 0.285. The second-order valence-electron chi connectivity index (χ2n) is 7.94. The number of fused-ring (bicyclic) bond motifs is 1. The van der Waals surface area contributed by atoms with Gasteiger partial charge in [0.2, 0.25) is 0 Å². The van der Waals surface area contributed by atoms with Crippen molar-refractivity contribution in [3.8, 4) is 11.5 Å². The highest BCUT2D eigenvalue weighted by molar-refractivity contribution is 7.86. The van der Waals surface area contributed by atoms with Crippen molar-refractivity contribution in [3.05, 3.63) is 82.9 Å². The summed E-state index contributed by atoms with van der Waals surface area (Å²) in [6, 6.07) is 17.8. The highest BCUT2D eigenvalue weighted by Gasteiger charge is 2.23. The number of hydrogen-bond acceptors (Lipinski definition) is 7. The predicted molar refractivity (Wildman–Crippen MR) is 141 cm³/mol. The number of phenols is 1. The number of nitrogens with one attached hydrogen (secondary N) is 1. The third-order valence-corrected chi connectivity index (χ3v) is 6.81. The highest BCUT2D eigenvalue weighted by atomic mass is 35.5. The number of carbonyl (C=O) groups is 1. The molecule has 0 aromatic heterocycles. The molecule has 3 N–H and O–H groups in total. The number of methoxy groups -OCH3 is 1. The lowest BCUT2D eigenvalue weighted by Gasteiger charge is -2.13. The minimum absolute atomic E-state index is 0.0670. The molecule has 0 spiro atoms. The Balaban J connectivity index is 1.86. The molecule has 11 heteroatoms. The second kappa shape index (κ2) is 10.6. The lowest BCUT2D eigenvalue weighted by molar-refractivity contribution is 0.102. The molecule has 0 fully saturated rings. The average molecular weight is 540 g/mol. The number of amides is 1. The summed E-state index contributed by atoms with van der Waals surface area (Å²) >= 11 is 6.14. The van der Waals surface area contributed by atoms with E-state index in [2.05, 4.69) is 15.5 Å². The zero-order chi connectivity index (χ0) is 26.7. The Hall–Kier alpha value is -3.99. The Kier molecular flexibility index (Phi) is 7.44. The first-order valence-corrected chi connectivity index (χ1v) is 12.9. The van der Waals surface area contributed by atoms with Crippen LogP contribution in [-0.4, -0.2) is 31.1 Å². The van der Waals surface area contributed by atoms with E-state index in [0.29, 0.717) is 22.2 Å². The number of rotatable bonds is 7. The smallest absolute Gasteiger partial charge is 0.297 e. The van der Waals surface area contributed by atoms with Gasteiger partial charge in [0.25, 0.3) is 16.0 Å². The molecule has 0 aliphatic rings. The highest BCUT2D eigenvalue weighted by Crippen LogP contribution is 2.41. The monoisotopic (exact) mass is 539 g/mol. The molecule has 0 saturated heterocycles. The van der Waals surface area contributed by atoms with Crippen LogP contribution >= 0.6 is 11.6 Å². The van der Waals surface area contributed by atoms with E-state index in [1.165, 1.54) is 25.3 Å². The molecular formula is C26H22ClN3O6S. The van der Waals surface area contributed by atoms with E-state index in [1.807, 2.05) is 0 Å². The van der Waals surface area contributed by atoms with Gasteiger partial charge in [-0.25, -0.2) is 0 Å². The molecule has 0 aliphatic carbocycles. The summed E-state index contributed by atoms with van der Waals surface area (Å²) in [5.74, 6) is -0.665. The van der Waals surface area contributed by atoms with Crippen LogP contribution < -0.4 is 10.1 Å². The molecule has 190 valence electrons. The number of carbonyl (C=O) groups excluding carboxylic acids is 1. The Bertz CT molecular complexity index is 1650. The average Bonchev–Trinajstić information content (AvgIpc) is 2.86. The van der Waals surface area contributed by atoms with Crippen molar-refractivity contribution in [1.29, 1.82) is 0 Å². The van der Waals surface area contributed by atoms with Gasteiger partial charge >= 0.3 is 0 Å². The number of phenolic OH excluding ortho intramolecular Hbond substituents is 1. The number of aryl methyl sites for hydroxylation is 1. The van der Waals surface area contributed by atoms with E-state index >= 15 is 0 Å². The standard InChI is InChI=1S/C26H22ClN3O6S/c1-3-15-12-17(27)14-21(25(15)37(33,34)35)29-30-23-18-9-5-4-8-16(18)13-19(24(23)31)26(32)28-20-10-6-7-11-22(20)36-2/h4-14,31H,3H2,1-2H3,(H,28,32)(H,33,34,35). The fraction of sp³-hybridized carbons (Fsp3) is 0.115. The third-order valence-electron chi connectivity index (χ3n) is 5.60. The van der Waals surface area contributed by atoms with Crippen LogP contribution in [0.15, 0.2) is 81.9 Å². The molecule has 0 unspecified atom stereocenters. The van der Waals surface area contributed by atoms with Gasteiger partial charge in [-0.1, -0.05) is 54.9 Å². The maximum absolute atomic E-state index is 13.2. The number of ether oxygens (including phenoxy) is 1. The van der Waals surface area contributed by atoms with Crippen LogP contribution in [0.1, 0.15) is 22.8 Å². The van der Waals surface area contributed by atoms with Gasteiger partial charge in [-0.15, -0.1) is 10.2 Å². The first-order chi connectivity index (χ1) is 17.6. The molecule has 0 radical (unpaired) electrons. The lowest BCUT2D eigenvalue weighted by atomic mass is 10.0. The molecule has 0 bridgehead atoms. The van der Waals surface area contributed by atoms with Crippen molar-refractivity contribution in [1.82, 2.24) is 0 Å². The van der Waals surface area contributed by atoms with E-state index in [9.17, 15) is 22.9 Å². The van der Waals surface area contributed by atoms with Gasteiger partial charge in [0.15, 0.2) is 5.75 Å². The summed E-state index contributed by atoms with van der Waals surface area (Å²) in [6.07, 6.45) is 0.255. The SMILES string of the molecule is CCc1cc(Cl)cc(N=Nc2c(O)c(C(=O)Nc3ccccc3OC)cc3ccccc23)c1S(=O)(=O)O. The number of halogens is 1. The molecule has 0 heterocycles. The Morgan fingerprint density at radius 3 is 2.46 bits per heavy atom. The van der Waals surface area contributed by atoms with E-state index in [0.717, 1.165) is 0 Å². The van der Waals surface area contributed by atoms with Crippen LogP contribution in [0.25, 0.3) is 10.8 Å². The van der Waals surface area contributed by atoms with Crippen molar-refractivity contribution in [2.45, 2.75) is 18.2 Å². The number of benzene rings is 4. The zero-order valence-electron chi connectivity index (χ0n) is 19.8. The fourth-order valence-electron chi connectivity index (χ4n) is 3.90. The molecule has 0 aliphatic heterocycles. The summed E-state index contributed by atoms with van der Waals surface area (Å²) in [7, 11) is -3.19. The van der Waals surface area contributed by atoms with Gasteiger partial charge in [-0.05, 0) is 47.7 Å². The number of anilines is 1. The maximum Gasteiger partial charge on any atom is 0.297 e. The van der Waals surface area contributed by atoms with Crippen molar-refractivity contribution in [2.24, 2.45) is 10.2 Å². The first kappa shape index (κ1) is 26.1. The molecule has 4 aromatic rings. The van der Waals surface area contributed by atoms with Crippen LogP contribution in [0.2, 0.25) is 5.02 Å². The van der Waals surface area contributed by atoms with E-state index < -0.39 is 26.7 Å². The number of aromatic hydroxyl groups is 1. The lowest BCUT2D eigenvalue weighted by Crippen LogP contribution is -2.13. The molecule has 4 aromatic carbocycles. The van der Waals surface area contributed by atoms with Crippen molar-refractivity contribution in [2.75, 3.05) is 12.4 Å². The predicted octanol–water partition coefficient (Wildman–Crippen LogP) is 6.68. The Labute approximate surface area is 218 Å². The van der Waals surface area contributed by atoms with Gasteiger partial charge in [0.05, 0.1) is 18.4 Å². The summed E-state index contributed by atoms with van der Waals surface area (Å²) < 4.78 is 39.3. The normalized spacial score (nSPS) is 11.7. The van der Waals surface area contributed by atoms with Crippen LogP contribution in [0.5, 0.6) is 11.5 Å². The summed E-state index contributed by atoms with van der Waals surface area (Å²) in [6.45, 7) is 1.70. The maximum atomic E-state index is 13.2. The molecule has 9 nitrogen and oxygen atoms in total. The van der Waals surface area contributed by atoms with Crippen LogP contribution in [-0.2, 0) is 16.5 Å². The van der Waals surface area contributed by atoms with Gasteiger partial charge in [0.1, 0.15) is 22.0 Å². The molecule has 0 atom stereocenters. The fourth-order valence-corrected chi connectivity index (χ4v) is 5.04. The van der Waals surface area contributed by atoms with E-state index in [-0.39, 0.29) is 33.9 Å². The number of hydrogen-bond donors (Lipinski definition) is 3. The summed E-state index contributed by atoms with van der Waals surface area (Å²) in [5, 5.41) is 23.2. The third kappa shape index (κ3) is 5.41. The first-order valence-electron chi connectivity index (χ1n) is 11.0. The Morgan fingerprint density at radius 1 is 1.05 bits per heavy atom. The van der Waals surface area contributed by atoms with E-state index in [1.54, 1.807) is 55.5 Å². The molecule has 37 heavy (non-hydrogen) atoms. The quantitative estimate of drug-likeness (QED) is 0.177. The number of azo groups is 1. The molecule has 4 rings (SSSR count). The summed E-state index contributed by atoms with van der Waals surface area (Å²) in [4.78, 5) is 12.7. The minimum atomic E-state index is -4.66. The molecule has 1 amide bonds. The van der Waals surface area contributed by atoms with E-state index in [4.69, 9.17) is 16.3 Å². The van der Waals surface area contributed by atoms with Crippen LogP contribution in [0.4, 0.5) is 17.1 Å². The van der Waals surface area contributed by atoms with Crippen molar-refractivity contribution < 1.29 is 27.6 Å². The zero-order valence-corrected chi connectivity index (χ0v) is 21.3. The van der Waals surface area contributed by atoms with Crippen molar-refractivity contribution >= 4 is 55.5 Å². The van der Waals surface area contributed by atoms with Gasteiger partial charge in [0, 0.05) is 10.4 Å². The minimum Gasteiger partial charge on any atom is -0.505 e.